The Morgan fingerprint density at radius 2 is 2.33 bits per heavy atom. The topological polar surface area (TPSA) is 66.0 Å². The van der Waals surface area contributed by atoms with E-state index < -0.39 is 0 Å². The molecule has 2 rings (SSSR count). The van der Waals surface area contributed by atoms with E-state index in [0.29, 0.717) is 11.7 Å². The molecular formula is C14H22N4. The van der Waals surface area contributed by atoms with Crippen molar-refractivity contribution < 1.29 is 0 Å². The van der Waals surface area contributed by atoms with E-state index in [1.54, 1.807) is 6.20 Å². The molecule has 2 heterocycles. The SMILES string of the molecule is CC1CCCCCN1Cc1cccnc1C(=N)N. The molecule has 1 aliphatic heterocycles. The first kappa shape index (κ1) is 13.0. The molecule has 0 amide bonds. The quantitative estimate of drug-likeness (QED) is 0.634. The van der Waals surface area contributed by atoms with Gasteiger partial charge in [0.2, 0.25) is 0 Å². The maximum Gasteiger partial charge on any atom is 0.142 e. The van der Waals surface area contributed by atoms with Crippen molar-refractivity contribution in [3.05, 3.63) is 29.6 Å². The van der Waals surface area contributed by atoms with Crippen LogP contribution in [-0.4, -0.2) is 28.3 Å². The number of nitrogens with two attached hydrogens (primary N) is 1. The Hall–Kier alpha value is -1.42. The Bertz CT molecular complexity index is 416. The number of pyridine rings is 1. The van der Waals surface area contributed by atoms with E-state index in [-0.39, 0.29) is 5.84 Å². The zero-order valence-corrected chi connectivity index (χ0v) is 11.0. The lowest BCUT2D eigenvalue weighted by Crippen LogP contribution is -2.33. The van der Waals surface area contributed by atoms with Gasteiger partial charge in [-0.15, -0.1) is 0 Å². The van der Waals surface area contributed by atoms with Gasteiger partial charge < -0.3 is 5.73 Å². The van der Waals surface area contributed by atoms with Crippen LogP contribution in [0.3, 0.4) is 0 Å². The molecule has 1 atom stereocenters. The molecule has 4 nitrogen and oxygen atoms in total. The third kappa shape index (κ3) is 3.07. The second kappa shape index (κ2) is 5.96. The van der Waals surface area contributed by atoms with E-state index in [1.165, 1.54) is 25.7 Å². The summed E-state index contributed by atoms with van der Waals surface area (Å²) < 4.78 is 0. The van der Waals surface area contributed by atoms with Gasteiger partial charge in [0.25, 0.3) is 0 Å². The summed E-state index contributed by atoms with van der Waals surface area (Å²) in [6.45, 7) is 4.27. The predicted octanol–water partition coefficient (Wildman–Crippen LogP) is 2.13. The fourth-order valence-corrected chi connectivity index (χ4v) is 2.60. The van der Waals surface area contributed by atoms with Crippen molar-refractivity contribution in [1.82, 2.24) is 9.88 Å². The molecule has 1 fully saturated rings. The second-order valence-electron chi connectivity index (χ2n) is 5.09. The summed E-state index contributed by atoms with van der Waals surface area (Å²) >= 11 is 0. The van der Waals surface area contributed by atoms with Gasteiger partial charge in [0.05, 0.1) is 0 Å². The van der Waals surface area contributed by atoms with Gasteiger partial charge >= 0.3 is 0 Å². The number of hydrogen-bond acceptors (Lipinski definition) is 3. The number of nitrogens with zero attached hydrogens (tertiary/aromatic N) is 2. The van der Waals surface area contributed by atoms with Crippen molar-refractivity contribution in [2.24, 2.45) is 5.73 Å². The van der Waals surface area contributed by atoms with Gasteiger partial charge in [-0.2, -0.15) is 0 Å². The highest BCUT2D eigenvalue weighted by Gasteiger charge is 2.18. The Morgan fingerprint density at radius 3 is 3.11 bits per heavy atom. The lowest BCUT2D eigenvalue weighted by molar-refractivity contribution is 0.204. The maximum absolute atomic E-state index is 7.58. The van der Waals surface area contributed by atoms with Crippen LogP contribution in [0.15, 0.2) is 18.3 Å². The summed E-state index contributed by atoms with van der Waals surface area (Å²) in [7, 11) is 0. The molecule has 0 radical (unpaired) electrons. The zero-order valence-electron chi connectivity index (χ0n) is 11.0. The van der Waals surface area contributed by atoms with Crippen LogP contribution in [0.2, 0.25) is 0 Å². The fraction of sp³-hybridized carbons (Fsp3) is 0.571. The van der Waals surface area contributed by atoms with Gasteiger partial charge in [-0.05, 0) is 37.9 Å². The van der Waals surface area contributed by atoms with Crippen molar-refractivity contribution in [2.45, 2.75) is 45.2 Å². The first-order chi connectivity index (χ1) is 8.68. The fourth-order valence-electron chi connectivity index (χ4n) is 2.60. The van der Waals surface area contributed by atoms with Crippen molar-refractivity contribution in [1.29, 1.82) is 5.41 Å². The molecule has 0 aromatic carbocycles. The number of aromatic nitrogens is 1. The monoisotopic (exact) mass is 246 g/mol. The lowest BCUT2D eigenvalue weighted by Gasteiger charge is -2.27. The largest absolute Gasteiger partial charge is 0.382 e. The molecular weight excluding hydrogens is 224 g/mol. The average Bonchev–Trinajstić information content (AvgIpc) is 2.55. The van der Waals surface area contributed by atoms with E-state index >= 15 is 0 Å². The molecule has 18 heavy (non-hydrogen) atoms. The normalized spacial score (nSPS) is 21.5. The number of likely N-dealkylation sites (tertiary alicyclic amines) is 1. The molecule has 1 unspecified atom stereocenters. The third-order valence-corrected chi connectivity index (χ3v) is 3.71. The third-order valence-electron chi connectivity index (χ3n) is 3.71. The lowest BCUT2D eigenvalue weighted by atomic mass is 10.1. The van der Waals surface area contributed by atoms with Crippen LogP contribution in [0.5, 0.6) is 0 Å². The number of rotatable bonds is 3. The van der Waals surface area contributed by atoms with Gasteiger partial charge in [0.15, 0.2) is 0 Å². The van der Waals surface area contributed by atoms with E-state index in [4.69, 9.17) is 11.1 Å². The molecule has 0 spiro atoms. The summed E-state index contributed by atoms with van der Waals surface area (Å²) in [5.74, 6) is 0.0630. The van der Waals surface area contributed by atoms with E-state index in [1.807, 2.05) is 12.1 Å². The molecule has 3 N–H and O–H groups in total. The molecule has 0 saturated carbocycles. The summed E-state index contributed by atoms with van der Waals surface area (Å²) in [6, 6.07) is 4.55. The minimum Gasteiger partial charge on any atom is -0.382 e. The van der Waals surface area contributed by atoms with Gasteiger partial charge in [0, 0.05) is 18.8 Å². The van der Waals surface area contributed by atoms with Crippen LogP contribution in [0.1, 0.15) is 43.9 Å². The summed E-state index contributed by atoms with van der Waals surface area (Å²) in [5, 5.41) is 7.58. The van der Waals surface area contributed by atoms with Gasteiger partial charge in [-0.1, -0.05) is 18.9 Å². The molecule has 1 aromatic rings. The van der Waals surface area contributed by atoms with Crippen molar-refractivity contribution in [3.8, 4) is 0 Å². The van der Waals surface area contributed by atoms with Crippen LogP contribution in [-0.2, 0) is 6.54 Å². The first-order valence-electron chi connectivity index (χ1n) is 6.71. The molecule has 98 valence electrons. The second-order valence-corrected chi connectivity index (χ2v) is 5.09. The zero-order chi connectivity index (χ0) is 13.0. The van der Waals surface area contributed by atoms with Crippen molar-refractivity contribution in [2.75, 3.05) is 6.54 Å². The smallest absolute Gasteiger partial charge is 0.142 e. The summed E-state index contributed by atoms with van der Waals surface area (Å²) in [5.41, 5.74) is 7.29. The van der Waals surface area contributed by atoms with Crippen LogP contribution >= 0.6 is 0 Å². The molecule has 1 aromatic heterocycles. The van der Waals surface area contributed by atoms with E-state index in [9.17, 15) is 0 Å². The maximum atomic E-state index is 7.58. The van der Waals surface area contributed by atoms with Gasteiger partial charge in [0.1, 0.15) is 11.5 Å². The standard InChI is InChI=1S/C14H22N4/c1-11-6-3-2-4-9-18(11)10-12-7-5-8-17-13(12)14(15)16/h5,7-8,11H,2-4,6,9-10H2,1H3,(H3,15,16). The summed E-state index contributed by atoms with van der Waals surface area (Å²) in [6.07, 6.45) is 6.87. The molecule has 4 heteroatoms. The van der Waals surface area contributed by atoms with Crippen molar-refractivity contribution in [3.63, 3.8) is 0 Å². The molecule has 1 saturated heterocycles. The summed E-state index contributed by atoms with van der Waals surface area (Å²) in [4.78, 5) is 6.70. The number of amidine groups is 1. The Balaban J connectivity index is 2.14. The number of hydrogen-bond donors (Lipinski definition) is 2. The van der Waals surface area contributed by atoms with Crippen LogP contribution in [0, 0.1) is 5.41 Å². The van der Waals surface area contributed by atoms with Crippen LogP contribution in [0.25, 0.3) is 0 Å². The molecule has 1 aliphatic rings. The van der Waals surface area contributed by atoms with E-state index in [2.05, 4.69) is 16.8 Å². The van der Waals surface area contributed by atoms with Gasteiger partial charge in [-0.3, -0.25) is 15.3 Å². The first-order valence-corrected chi connectivity index (χ1v) is 6.71. The highest BCUT2D eigenvalue weighted by Crippen LogP contribution is 2.19. The number of nitrogen functional groups attached to an aromatic ring is 1. The van der Waals surface area contributed by atoms with Crippen LogP contribution < -0.4 is 5.73 Å². The highest BCUT2D eigenvalue weighted by molar-refractivity contribution is 5.94. The van der Waals surface area contributed by atoms with Gasteiger partial charge in [-0.25, -0.2) is 0 Å². The Kier molecular flexibility index (Phi) is 4.31. The van der Waals surface area contributed by atoms with E-state index in [0.717, 1.165) is 18.7 Å². The van der Waals surface area contributed by atoms with Crippen LogP contribution in [0.4, 0.5) is 0 Å². The average molecular weight is 246 g/mol. The molecule has 0 bridgehead atoms. The molecule has 0 aliphatic carbocycles. The number of nitrogens with one attached hydrogen (secondary N) is 1. The minimum atomic E-state index is 0.0630. The highest BCUT2D eigenvalue weighted by atomic mass is 15.1. The predicted molar refractivity (Wildman–Crippen MR) is 73.6 cm³/mol. The Labute approximate surface area is 109 Å². The Morgan fingerprint density at radius 1 is 1.50 bits per heavy atom. The minimum absolute atomic E-state index is 0.0630. The van der Waals surface area contributed by atoms with Crippen molar-refractivity contribution >= 4 is 5.84 Å².